The van der Waals surface area contributed by atoms with Gasteiger partial charge in [-0.1, -0.05) is 29.4 Å². The zero-order chi connectivity index (χ0) is 24.9. The van der Waals surface area contributed by atoms with Gasteiger partial charge in [-0.3, -0.25) is 14.2 Å². The summed E-state index contributed by atoms with van der Waals surface area (Å²) in [5, 5.41) is 1.66. The molecule has 3 aromatic rings. The molecule has 35 heavy (non-hydrogen) atoms. The Morgan fingerprint density at radius 3 is 2.80 bits per heavy atom. The standard InChI is InChI=1S/C24H26ClN3O4S3/c1-14-7-8-15(11-18(14)25)28-23(30)21-17-5-3-4-6-19(17)34-22(21)26-24(28)33-12-20(29)27(2)16-9-10-35(31,32)13-16/h7-8,11,16H,3-6,9-10,12-13H2,1-2H3/t16-/m1/s1. The molecule has 5 rings (SSSR count). The number of thiophene rings is 1. The fourth-order valence-corrected chi connectivity index (χ4v) is 8.93. The van der Waals surface area contributed by atoms with Gasteiger partial charge in [-0.15, -0.1) is 11.3 Å². The van der Waals surface area contributed by atoms with Crippen molar-refractivity contribution in [2.75, 3.05) is 24.3 Å². The highest BCUT2D eigenvalue weighted by Gasteiger charge is 2.33. The summed E-state index contributed by atoms with van der Waals surface area (Å²) in [4.78, 5) is 35.1. The Morgan fingerprint density at radius 1 is 1.31 bits per heavy atom. The van der Waals surface area contributed by atoms with E-state index in [0.717, 1.165) is 36.8 Å². The van der Waals surface area contributed by atoms with E-state index in [-0.39, 0.29) is 34.8 Å². The SMILES string of the molecule is Cc1ccc(-n2c(SCC(=O)N(C)[C@@H]3CCS(=O)(=O)C3)nc3sc4c(c3c2=O)CCCC4)cc1Cl. The molecule has 1 fully saturated rings. The lowest BCUT2D eigenvalue weighted by atomic mass is 9.97. The summed E-state index contributed by atoms with van der Waals surface area (Å²) in [6.07, 6.45) is 4.46. The lowest BCUT2D eigenvalue weighted by Crippen LogP contribution is -2.39. The lowest BCUT2D eigenvalue weighted by molar-refractivity contribution is -0.128. The summed E-state index contributed by atoms with van der Waals surface area (Å²) in [6.45, 7) is 1.90. The summed E-state index contributed by atoms with van der Waals surface area (Å²) in [5.41, 5.74) is 2.49. The van der Waals surface area contributed by atoms with Crippen LogP contribution in [0.15, 0.2) is 28.2 Å². The summed E-state index contributed by atoms with van der Waals surface area (Å²) >= 11 is 9.16. The van der Waals surface area contributed by atoms with Crippen molar-refractivity contribution in [2.45, 2.75) is 50.2 Å². The van der Waals surface area contributed by atoms with E-state index in [2.05, 4.69) is 0 Å². The van der Waals surface area contributed by atoms with Crippen LogP contribution in [0.25, 0.3) is 15.9 Å². The number of amides is 1. The number of aromatic nitrogens is 2. The Kier molecular flexibility index (Phi) is 6.76. The average Bonchev–Trinajstić information content (AvgIpc) is 3.38. The normalized spacial score (nSPS) is 19.1. The van der Waals surface area contributed by atoms with E-state index >= 15 is 0 Å². The van der Waals surface area contributed by atoms with Crippen LogP contribution in [0.1, 0.15) is 35.3 Å². The maximum absolute atomic E-state index is 13.8. The van der Waals surface area contributed by atoms with Gasteiger partial charge in [-0.05, 0) is 62.3 Å². The van der Waals surface area contributed by atoms with E-state index in [1.54, 1.807) is 29.0 Å². The van der Waals surface area contributed by atoms with Crippen molar-refractivity contribution in [3.63, 3.8) is 0 Å². The molecule has 11 heteroatoms. The number of sulfone groups is 1. The van der Waals surface area contributed by atoms with Gasteiger partial charge < -0.3 is 4.90 Å². The first-order valence-electron chi connectivity index (χ1n) is 11.6. The number of carbonyl (C=O) groups excluding carboxylic acids is 1. The second kappa shape index (κ2) is 9.53. The molecule has 2 aromatic heterocycles. The van der Waals surface area contributed by atoms with Crippen molar-refractivity contribution in [3.05, 3.63) is 49.6 Å². The number of nitrogens with zero attached hydrogens (tertiary/aromatic N) is 3. The fourth-order valence-electron chi connectivity index (χ4n) is 4.74. The third-order valence-electron chi connectivity index (χ3n) is 6.85. The minimum Gasteiger partial charge on any atom is -0.341 e. The molecule has 1 saturated heterocycles. The molecule has 1 aliphatic carbocycles. The summed E-state index contributed by atoms with van der Waals surface area (Å²) in [7, 11) is -1.45. The van der Waals surface area contributed by atoms with Gasteiger partial charge in [0, 0.05) is 23.0 Å². The van der Waals surface area contributed by atoms with E-state index in [4.69, 9.17) is 16.6 Å². The van der Waals surface area contributed by atoms with Gasteiger partial charge in [0.2, 0.25) is 5.91 Å². The van der Waals surface area contributed by atoms with Gasteiger partial charge in [0.25, 0.3) is 5.56 Å². The Labute approximate surface area is 217 Å². The highest BCUT2D eigenvalue weighted by molar-refractivity contribution is 7.99. The van der Waals surface area contributed by atoms with Crippen LogP contribution in [-0.2, 0) is 27.5 Å². The van der Waals surface area contributed by atoms with Crippen molar-refractivity contribution in [3.8, 4) is 5.69 Å². The second-order valence-corrected chi connectivity index (χ2v) is 13.9. The number of hydrogen-bond acceptors (Lipinski definition) is 7. The van der Waals surface area contributed by atoms with Crippen LogP contribution in [-0.4, -0.2) is 59.1 Å². The average molecular weight is 552 g/mol. The second-order valence-electron chi connectivity index (χ2n) is 9.21. The van der Waals surface area contributed by atoms with Crippen molar-refractivity contribution in [1.29, 1.82) is 0 Å². The molecule has 0 N–H and O–H groups in total. The number of fused-ring (bicyclic) bond motifs is 3. The molecule has 1 aromatic carbocycles. The first-order chi connectivity index (χ1) is 16.6. The van der Waals surface area contributed by atoms with Crippen LogP contribution >= 0.6 is 34.7 Å². The third-order valence-corrected chi connectivity index (χ3v) is 11.1. The van der Waals surface area contributed by atoms with E-state index in [1.807, 2.05) is 19.1 Å². The van der Waals surface area contributed by atoms with E-state index < -0.39 is 9.84 Å². The molecule has 186 valence electrons. The van der Waals surface area contributed by atoms with Gasteiger partial charge in [0.05, 0.1) is 28.3 Å². The Morgan fingerprint density at radius 2 is 2.09 bits per heavy atom. The summed E-state index contributed by atoms with van der Waals surface area (Å²) in [6, 6.07) is 5.15. The molecule has 1 atom stereocenters. The molecule has 1 aliphatic heterocycles. The monoisotopic (exact) mass is 551 g/mol. The largest absolute Gasteiger partial charge is 0.341 e. The summed E-state index contributed by atoms with van der Waals surface area (Å²) < 4.78 is 25.3. The maximum atomic E-state index is 13.8. The summed E-state index contributed by atoms with van der Waals surface area (Å²) in [5.74, 6) is -0.0322. The van der Waals surface area contributed by atoms with Crippen LogP contribution in [0.5, 0.6) is 0 Å². The molecule has 3 heterocycles. The molecule has 2 aliphatic rings. The van der Waals surface area contributed by atoms with E-state index in [1.165, 1.54) is 21.5 Å². The van der Waals surface area contributed by atoms with Gasteiger partial charge in [-0.2, -0.15) is 0 Å². The van der Waals surface area contributed by atoms with Crippen LogP contribution in [0, 0.1) is 6.92 Å². The molecule has 0 saturated carbocycles. The smallest absolute Gasteiger partial charge is 0.267 e. The quantitative estimate of drug-likeness (QED) is 0.351. The minimum absolute atomic E-state index is 0.00254. The van der Waals surface area contributed by atoms with Crippen molar-refractivity contribution >= 4 is 60.7 Å². The molecule has 0 radical (unpaired) electrons. The van der Waals surface area contributed by atoms with Crippen molar-refractivity contribution in [1.82, 2.24) is 14.5 Å². The zero-order valence-corrected chi connectivity index (χ0v) is 22.7. The topological polar surface area (TPSA) is 89.3 Å². The molecular formula is C24H26ClN3O4S3. The highest BCUT2D eigenvalue weighted by atomic mass is 35.5. The lowest BCUT2D eigenvalue weighted by Gasteiger charge is -2.23. The van der Waals surface area contributed by atoms with Crippen molar-refractivity contribution in [2.24, 2.45) is 0 Å². The van der Waals surface area contributed by atoms with Gasteiger partial charge >= 0.3 is 0 Å². The first-order valence-corrected chi connectivity index (χ1v) is 15.6. The maximum Gasteiger partial charge on any atom is 0.267 e. The van der Waals surface area contributed by atoms with Crippen LogP contribution < -0.4 is 5.56 Å². The van der Waals surface area contributed by atoms with Crippen molar-refractivity contribution < 1.29 is 13.2 Å². The number of aryl methyl sites for hydroxylation is 3. The number of benzene rings is 1. The number of hydrogen-bond donors (Lipinski definition) is 0. The number of rotatable bonds is 5. The van der Waals surface area contributed by atoms with E-state index in [0.29, 0.717) is 32.5 Å². The Balaban J connectivity index is 1.53. The Bertz CT molecular complexity index is 1500. The van der Waals surface area contributed by atoms with E-state index in [9.17, 15) is 18.0 Å². The van der Waals surface area contributed by atoms with Crippen LogP contribution in [0.3, 0.4) is 0 Å². The molecule has 0 spiro atoms. The fraction of sp³-hybridized carbons (Fsp3) is 0.458. The number of thioether (sulfide) groups is 1. The Hall–Kier alpha value is -1.88. The number of halogens is 1. The zero-order valence-electron chi connectivity index (χ0n) is 19.5. The predicted octanol–water partition coefficient (Wildman–Crippen LogP) is 4.03. The number of carbonyl (C=O) groups is 1. The van der Waals surface area contributed by atoms with Gasteiger partial charge in [0.15, 0.2) is 15.0 Å². The van der Waals surface area contributed by atoms with Crippen LogP contribution in [0.4, 0.5) is 0 Å². The molecule has 0 bridgehead atoms. The first kappa shape index (κ1) is 24.8. The molecule has 1 amide bonds. The van der Waals surface area contributed by atoms with Gasteiger partial charge in [-0.25, -0.2) is 13.4 Å². The minimum atomic E-state index is -3.09. The third kappa shape index (κ3) is 4.77. The van der Waals surface area contributed by atoms with Gasteiger partial charge in [0.1, 0.15) is 4.83 Å². The van der Waals surface area contributed by atoms with Crippen LogP contribution in [0.2, 0.25) is 5.02 Å². The molecular weight excluding hydrogens is 526 g/mol. The predicted molar refractivity (Wildman–Crippen MR) is 142 cm³/mol. The molecule has 7 nitrogen and oxygen atoms in total. The molecule has 0 unspecified atom stereocenters. The highest BCUT2D eigenvalue weighted by Crippen LogP contribution is 2.35.